The molecule has 3 unspecified atom stereocenters. The van der Waals surface area contributed by atoms with E-state index in [9.17, 15) is 9.59 Å². The molecule has 8 nitrogen and oxygen atoms in total. The first-order valence-corrected chi connectivity index (χ1v) is 12.8. The van der Waals surface area contributed by atoms with Gasteiger partial charge in [-0.15, -0.1) is 0 Å². The molecular formula is C31H30N2O6. The molecule has 3 atom stereocenters. The Morgan fingerprint density at radius 3 is 2.18 bits per heavy atom. The second-order valence-electron chi connectivity index (χ2n) is 9.39. The molecule has 1 aliphatic carbocycles. The second kappa shape index (κ2) is 10.6. The molecule has 39 heavy (non-hydrogen) atoms. The highest BCUT2D eigenvalue weighted by atomic mass is 16.7. The van der Waals surface area contributed by atoms with Crippen LogP contribution in [0.25, 0.3) is 0 Å². The minimum Gasteiger partial charge on any atom is -0.496 e. The summed E-state index contributed by atoms with van der Waals surface area (Å²) in [5.41, 5.74) is 8.16. The van der Waals surface area contributed by atoms with Gasteiger partial charge in [-0.05, 0) is 31.0 Å². The number of nitrogens with zero attached hydrogens (tertiary/aromatic N) is 1. The van der Waals surface area contributed by atoms with Gasteiger partial charge in [-0.2, -0.15) is 0 Å². The molecule has 0 amide bonds. The Kier molecular flexibility index (Phi) is 7.11. The molecule has 3 aromatic rings. The number of methoxy groups -OCH3 is 2. The van der Waals surface area contributed by atoms with Gasteiger partial charge in [0.2, 0.25) is 0 Å². The van der Waals surface area contributed by atoms with Gasteiger partial charge in [-0.25, -0.2) is 9.59 Å². The Labute approximate surface area is 227 Å². The van der Waals surface area contributed by atoms with Crippen LogP contribution < -0.4 is 15.2 Å². The lowest BCUT2D eigenvalue weighted by atomic mass is 9.53. The highest BCUT2D eigenvalue weighted by Crippen LogP contribution is 2.62. The molecular weight excluding hydrogens is 496 g/mol. The fourth-order valence-corrected chi connectivity index (χ4v) is 5.96. The Hall–Kier alpha value is -4.59. The van der Waals surface area contributed by atoms with Crippen molar-refractivity contribution in [1.82, 2.24) is 0 Å². The minimum atomic E-state index is -1.50. The zero-order valence-corrected chi connectivity index (χ0v) is 22.0. The van der Waals surface area contributed by atoms with E-state index < -0.39 is 29.2 Å². The van der Waals surface area contributed by atoms with Crippen molar-refractivity contribution in [2.45, 2.75) is 25.2 Å². The van der Waals surface area contributed by atoms with Gasteiger partial charge in [0.05, 0.1) is 26.4 Å². The van der Waals surface area contributed by atoms with Gasteiger partial charge < -0.3 is 24.8 Å². The van der Waals surface area contributed by atoms with Crippen molar-refractivity contribution >= 4 is 17.7 Å². The van der Waals surface area contributed by atoms with E-state index in [4.69, 9.17) is 24.8 Å². The van der Waals surface area contributed by atoms with Gasteiger partial charge in [0, 0.05) is 28.7 Å². The summed E-state index contributed by atoms with van der Waals surface area (Å²) in [6.07, 6.45) is 0.168. The first-order valence-electron chi connectivity index (χ1n) is 12.8. The van der Waals surface area contributed by atoms with Crippen molar-refractivity contribution in [2.24, 2.45) is 16.3 Å². The average Bonchev–Trinajstić information content (AvgIpc) is 3.30. The quantitative estimate of drug-likeness (QED) is 0.351. The smallest absolute Gasteiger partial charge is 0.348 e. The monoisotopic (exact) mass is 526 g/mol. The van der Waals surface area contributed by atoms with Gasteiger partial charge in [0.15, 0.2) is 0 Å². The van der Waals surface area contributed by atoms with Gasteiger partial charge >= 0.3 is 11.9 Å². The van der Waals surface area contributed by atoms with E-state index in [2.05, 4.69) is 5.16 Å². The SMILES string of the molecule is CCOC(=O)C1=C(N)CC(c2ccccc2OC)C2(C(=O)ON=C2c2ccccc2)C1c1ccccc1OC. The third kappa shape index (κ3) is 4.12. The van der Waals surface area contributed by atoms with Crippen molar-refractivity contribution in [1.29, 1.82) is 0 Å². The molecule has 1 heterocycles. The number of oxime groups is 1. The number of carbonyl (C=O) groups is 2. The maximum absolute atomic E-state index is 14.3. The van der Waals surface area contributed by atoms with Gasteiger partial charge in [-0.1, -0.05) is 71.9 Å². The lowest BCUT2D eigenvalue weighted by molar-refractivity contribution is -0.150. The van der Waals surface area contributed by atoms with E-state index >= 15 is 0 Å². The highest BCUT2D eigenvalue weighted by Gasteiger charge is 2.66. The number of rotatable bonds is 7. The van der Waals surface area contributed by atoms with Crippen molar-refractivity contribution in [3.63, 3.8) is 0 Å². The lowest BCUT2D eigenvalue weighted by Crippen LogP contribution is -2.51. The number of hydrogen-bond acceptors (Lipinski definition) is 8. The van der Waals surface area contributed by atoms with Crippen LogP contribution >= 0.6 is 0 Å². The molecule has 3 aromatic carbocycles. The molecule has 200 valence electrons. The maximum atomic E-state index is 14.3. The Bertz CT molecular complexity index is 1460. The molecule has 2 aliphatic rings. The third-order valence-electron chi connectivity index (χ3n) is 7.52. The predicted octanol–water partition coefficient (Wildman–Crippen LogP) is 4.70. The van der Waals surface area contributed by atoms with Crippen LogP contribution in [0.1, 0.15) is 41.9 Å². The van der Waals surface area contributed by atoms with Crippen LogP contribution in [0.4, 0.5) is 0 Å². The van der Waals surface area contributed by atoms with E-state index in [1.165, 1.54) is 0 Å². The van der Waals surface area contributed by atoms with Crippen molar-refractivity contribution in [3.05, 3.63) is 107 Å². The lowest BCUT2D eigenvalue weighted by Gasteiger charge is -2.46. The van der Waals surface area contributed by atoms with Crippen LogP contribution in [0.5, 0.6) is 11.5 Å². The first-order chi connectivity index (χ1) is 19.0. The van der Waals surface area contributed by atoms with E-state index in [1.807, 2.05) is 72.8 Å². The number of hydrogen-bond donors (Lipinski definition) is 1. The highest BCUT2D eigenvalue weighted by molar-refractivity contribution is 6.20. The summed E-state index contributed by atoms with van der Waals surface area (Å²) < 4.78 is 17.0. The number of ether oxygens (including phenoxy) is 3. The largest absolute Gasteiger partial charge is 0.496 e. The Morgan fingerprint density at radius 2 is 1.54 bits per heavy atom. The number of nitrogens with two attached hydrogens (primary N) is 1. The molecule has 2 N–H and O–H groups in total. The van der Waals surface area contributed by atoms with Crippen molar-refractivity contribution in [2.75, 3.05) is 20.8 Å². The summed E-state index contributed by atoms with van der Waals surface area (Å²) in [5, 5.41) is 4.36. The summed E-state index contributed by atoms with van der Waals surface area (Å²) in [7, 11) is 3.12. The molecule has 0 bridgehead atoms. The predicted molar refractivity (Wildman–Crippen MR) is 145 cm³/mol. The van der Waals surface area contributed by atoms with E-state index in [-0.39, 0.29) is 18.6 Å². The fraction of sp³-hybridized carbons (Fsp3) is 0.258. The van der Waals surface area contributed by atoms with Crippen molar-refractivity contribution < 1.29 is 28.6 Å². The second-order valence-corrected chi connectivity index (χ2v) is 9.39. The summed E-state index contributed by atoms with van der Waals surface area (Å²) in [6.45, 7) is 1.87. The molecule has 0 aromatic heterocycles. The van der Waals surface area contributed by atoms with Crippen molar-refractivity contribution in [3.8, 4) is 11.5 Å². The molecule has 0 fully saturated rings. The zero-order valence-electron chi connectivity index (χ0n) is 22.0. The molecule has 0 saturated carbocycles. The number of allylic oxidation sites excluding steroid dienone is 1. The standard InChI is InChI=1S/C31H30N2O6/c1-4-38-29(34)26-23(32)18-22(20-14-8-10-16-24(20)36-2)31(27(26)21-15-9-11-17-25(21)37-3)28(33-39-30(31)35)19-12-6-5-7-13-19/h5-17,22,27H,4,18,32H2,1-3H3. The van der Waals surface area contributed by atoms with E-state index in [0.717, 1.165) is 5.56 Å². The first kappa shape index (κ1) is 26.0. The summed E-state index contributed by atoms with van der Waals surface area (Å²) in [4.78, 5) is 33.5. The zero-order chi connectivity index (χ0) is 27.6. The number of esters is 1. The summed E-state index contributed by atoms with van der Waals surface area (Å²) in [5.74, 6) is -1.66. The summed E-state index contributed by atoms with van der Waals surface area (Å²) in [6, 6.07) is 24.1. The normalized spacial score (nSPS) is 22.3. The average molecular weight is 527 g/mol. The van der Waals surface area contributed by atoms with Gasteiger partial charge in [0.25, 0.3) is 0 Å². The molecule has 1 aliphatic heterocycles. The molecule has 0 radical (unpaired) electrons. The van der Waals surface area contributed by atoms with E-state index in [1.54, 1.807) is 27.2 Å². The van der Waals surface area contributed by atoms with Crippen LogP contribution in [0, 0.1) is 5.41 Å². The van der Waals surface area contributed by atoms with Crippen LogP contribution in [-0.2, 0) is 19.2 Å². The van der Waals surface area contributed by atoms with E-state index in [0.29, 0.717) is 34.0 Å². The Balaban J connectivity index is 1.92. The Morgan fingerprint density at radius 1 is 0.949 bits per heavy atom. The molecule has 8 heteroatoms. The topological polar surface area (TPSA) is 109 Å². The number of para-hydroxylation sites is 2. The number of benzene rings is 3. The molecule has 1 spiro atoms. The van der Waals surface area contributed by atoms with Crippen LogP contribution in [0.3, 0.4) is 0 Å². The fourth-order valence-electron chi connectivity index (χ4n) is 5.96. The third-order valence-corrected chi connectivity index (χ3v) is 7.52. The van der Waals surface area contributed by atoms with Gasteiger partial charge in [-0.3, -0.25) is 0 Å². The van der Waals surface area contributed by atoms with Crippen LogP contribution in [0.15, 0.2) is 95.3 Å². The van der Waals surface area contributed by atoms with Gasteiger partial charge in [0.1, 0.15) is 22.6 Å². The van der Waals surface area contributed by atoms with Crippen LogP contribution in [-0.4, -0.2) is 38.5 Å². The van der Waals surface area contributed by atoms with Crippen LogP contribution in [0.2, 0.25) is 0 Å². The maximum Gasteiger partial charge on any atom is 0.348 e. The number of carbonyl (C=O) groups excluding carboxylic acids is 2. The summed E-state index contributed by atoms with van der Waals surface area (Å²) >= 11 is 0. The minimum absolute atomic E-state index is 0.140. The molecule has 5 rings (SSSR count). The molecule has 0 saturated heterocycles.